The lowest BCUT2D eigenvalue weighted by molar-refractivity contribution is 0.594. The number of rotatable bonds is 1. The van der Waals surface area contributed by atoms with Gasteiger partial charge in [0.05, 0.1) is 0 Å². The Hall–Kier alpha value is -0.820. The van der Waals surface area contributed by atoms with Gasteiger partial charge in [0.2, 0.25) is 0 Å². The van der Waals surface area contributed by atoms with Crippen molar-refractivity contribution in [2.24, 2.45) is 0 Å². The van der Waals surface area contributed by atoms with Crippen molar-refractivity contribution in [2.45, 2.75) is 25.3 Å². The third-order valence-corrected chi connectivity index (χ3v) is 2.75. The average Bonchev–Trinajstić information content (AvgIpc) is 2.53. The molecule has 0 radical (unpaired) electrons. The van der Waals surface area contributed by atoms with Gasteiger partial charge in [-0.05, 0) is 25.5 Å². The second-order valence-electron chi connectivity index (χ2n) is 3.55. The quantitative estimate of drug-likeness (QED) is 0.665. The van der Waals surface area contributed by atoms with Gasteiger partial charge in [0.1, 0.15) is 0 Å². The van der Waals surface area contributed by atoms with Gasteiger partial charge in [-0.15, -0.1) is 0 Å². The van der Waals surface area contributed by atoms with Gasteiger partial charge in [-0.3, -0.25) is 0 Å². The molecule has 2 atom stereocenters. The van der Waals surface area contributed by atoms with Crippen LogP contribution >= 0.6 is 0 Å². The molecule has 1 nitrogen and oxygen atoms in total. The average molecular weight is 161 g/mol. The van der Waals surface area contributed by atoms with Gasteiger partial charge >= 0.3 is 0 Å². The summed E-state index contributed by atoms with van der Waals surface area (Å²) in [7, 11) is 0. The summed E-state index contributed by atoms with van der Waals surface area (Å²) in [6.07, 6.45) is 1.28. The number of benzene rings is 1. The van der Waals surface area contributed by atoms with E-state index < -0.39 is 0 Å². The van der Waals surface area contributed by atoms with Crippen LogP contribution in [-0.2, 0) is 0 Å². The van der Waals surface area contributed by atoms with E-state index in [1.54, 1.807) is 0 Å². The van der Waals surface area contributed by atoms with Crippen LogP contribution in [0.1, 0.15) is 24.8 Å². The molecule has 1 heterocycles. The molecule has 0 aliphatic carbocycles. The second kappa shape index (κ2) is 3.28. The predicted octanol–water partition coefficient (Wildman–Crippen LogP) is 2.15. The third kappa shape index (κ3) is 1.37. The summed E-state index contributed by atoms with van der Waals surface area (Å²) in [5.74, 6) is 0.728. The largest absolute Gasteiger partial charge is 0.314 e. The molecule has 1 aliphatic heterocycles. The lowest BCUT2D eigenvalue weighted by Crippen LogP contribution is -2.21. The smallest absolute Gasteiger partial charge is 0.0108 e. The fourth-order valence-electron chi connectivity index (χ4n) is 2.01. The molecule has 1 fully saturated rings. The van der Waals surface area contributed by atoms with Crippen LogP contribution in [0.2, 0.25) is 0 Å². The zero-order valence-corrected chi connectivity index (χ0v) is 7.46. The first-order chi connectivity index (χ1) is 5.88. The maximum atomic E-state index is 3.47. The van der Waals surface area contributed by atoms with Crippen LogP contribution < -0.4 is 5.32 Å². The van der Waals surface area contributed by atoms with E-state index in [-0.39, 0.29) is 0 Å². The first-order valence-corrected chi connectivity index (χ1v) is 4.66. The number of hydrogen-bond donors (Lipinski definition) is 1. The summed E-state index contributed by atoms with van der Waals surface area (Å²) in [6, 6.07) is 11.4. The highest BCUT2D eigenvalue weighted by Gasteiger charge is 2.23. The Morgan fingerprint density at radius 1 is 1.25 bits per heavy atom. The molecule has 0 unspecified atom stereocenters. The highest BCUT2D eigenvalue weighted by Crippen LogP contribution is 2.26. The maximum Gasteiger partial charge on any atom is 0.0108 e. The Labute approximate surface area is 73.8 Å². The molecule has 1 aliphatic rings. The van der Waals surface area contributed by atoms with Crippen molar-refractivity contribution in [1.29, 1.82) is 0 Å². The SMILES string of the molecule is C[C@@H]1NCC[C@@H]1c1ccccc1. The van der Waals surface area contributed by atoms with Crippen molar-refractivity contribution in [2.75, 3.05) is 6.54 Å². The summed E-state index contributed by atoms with van der Waals surface area (Å²) in [4.78, 5) is 0. The van der Waals surface area contributed by atoms with Gasteiger partial charge in [0.25, 0.3) is 0 Å². The molecule has 2 rings (SSSR count). The molecule has 0 spiro atoms. The van der Waals surface area contributed by atoms with Gasteiger partial charge in [0, 0.05) is 12.0 Å². The highest BCUT2D eigenvalue weighted by atomic mass is 14.9. The van der Waals surface area contributed by atoms with E-state index in [9.17, 15) is 0 Å². The molecule has 0 amide bonds. The normalized spacial score (nSPS) is 29.1. The Kier molecular flexibility index (Phi) is 2.13. The lowest BCUT2D eigenvalue weighted by atomic mass is 9.93. The molecule has 64 valence electrons. The first kappa shape index (κ1) is 7.81. The Balaban J connectivity index is 2.19. The van der Waals surface area contributed by atoms with E-state index >= 15 is 0 Å². The van der Waals surface area contributed by atoms with Crippen LogP contribution in [0.25, 0.3) is 0 Å². The van der Waals surface area contributed by atoms with E-state index in [0.717, 1.165) is 5.92 Å². The van der Waals surface area contributed by atoms with Gasteiger partial charge in [0.15, 0.2) is 0 Å². The maximum absolute atomic E-state index is 3.47. The molecular weight excluding hydrogens is 146 g/mol. The monoisotopic (exact) mass is 161 g/mol. The topological polar surface area (TPSA) is 12.0 Å². The molecule has 0 bridgehead atoms. The van der Waals surface area contributed by atoms with Crippen molar-refractivity contribution in [1.82, 2.24) is 5.32 Å². The van der Waals surface area contributed by atoms with E-state index in [1.165, 1.54) is 18.5 Å². The van der Waals surface area contributed by atoms with E-state index in [0.29, 0.717) is 6.04 Å². The first-order valence-electron chi connectivity index (χ1n) is 4.66. The molecule has 1 N–H and O–H groups in total. The summed E-state index contributed by atoms with van der Waals surface area (Å²) in [6.45, 7) is 3.44. The van der Waals surface area contributed by atoms with Gasteiger partial charge in [-0.2, -0.15) is 0 Å². The van der Waals surface area contributed by atoms with Crippen LogP contribution in [0.15, 0.2) is 30.3 Å². The molecule has 0 saturated carbocycles. The van der Waals surface area contributed by atoms with Crippen molar-refractivity contribution in [3.63, 3.8) is 0 Å². The molecule has 1 aromatic carbocycles. The number of hydrogen-bond acceptors (Lipinski definition) is 1. The van der Waals surface area contributed by atoms with Crippen molar-refractivity contribution in [3.8, 4) is 0 Å². The minimum Gasteiger partial charge on any atom is -0.314 e. The van der Waals surface area contributed by atoms with Gasteiger partial charge < -0.3 is 5.32 Å². The predicted molar refractivity (Wildman–Crippen MR) is 51.3 cm³/mol. The van der Waals surface area contributed by atoms with E-state index in [1.807, 2.05) is 0 Å². The van der Waals surface area contributed by atoms with Crippen molar-refractivity contribution in [3.05, 3.63) is 35.9 Å². The fraction of sp³-hybridized carbons (Fsp3) is 0.455. The van der Waals surface area contributed by atoms with E-state index in [2.05, 4.69) is 42.6 Å². The van der Waals surface area contributed by atoms with Crippen molar-refractivity contribution >= 4 is 0 Å². The fourth-order valence-corrected chi connectivity index (χ4v) is 2.01. The van der Waals surface area contributed by atoms with Crippen LogP contribution in [0.3, 0.4) is 0 Å². The Morgan fingerprint density at radius 3 is 2.58 bits per heavy atom. The van der Waals surface area contributed by atoms with Crippen LogP contribution in [-0.4, -0.2) is 12.6 Å². The summed E-state index contributed by atoms with van der Waals surface area (Å²) in [5, 5.41) is 3.47. The summed E-state index contributed by atoms with van der Waals surface area (Å²) >= 11 is 0. The van der Waals surface area contributed by atoms with E-state index in [4.69, 9.17) is 0 Å². The molecule has 1 heteroatoms. The molecule has 1 saturated heterocycles. The minimum absolute atomic E-state index is 0.646. The Morgan fingerprint density at radius 2 is 2.00 bits per heavy atom. The summed E-state index contributed by atoms with van der Waals surface area (Å²) in [5.41, 5.74) is 1.48. The Bertz CT molecular complexity index is 242. The zero-order valence-electron chi connectivity index (χ0n) is 7.46. The second-order valence-corrected chi connectivity index (χ2v) is 3.55. The zero-order chi connectivity index (χ0) is 8.39. The standard InChI is InChI=1S/C11H15N/c1-9-11(7-8-12-9)10-5-3-2-4-6-10/h2-6,9,11-12H,7-8H2,1H3/t9-,11-/m0/s1. The molecule has 0 aromatic heterocycles. The number of nitrogens with one attached hydrogen (secondary N) is 1. The molecular formula is C11H15N. The molecule has 12 heavy (non-hydrogen) atoms. The van der Waals surface area contributed by atoms with Crippen LogP contribution in [0, 0.1) is 0 Å². The van der Waals surface area contributed by atoms with Crippen LogP contribution in [0.4, 0.5) is 0 Å². The van der Waals surface area contributed by atoms with Gasteiger partial charge in [-0.1, -0.05) is 30.3 Å². The van der Waals surface area contributed by atoms with Crippen molar-refractivity contribution < 1.29 is 0 Å². The molecule has 1 aromatic rings. The lowest BCUT2D eigenvalue weighted by Gasteiger charge is -2.14. The van der Waals surface area contributed by atoms with Crippen LogP contribution in [0.5, 0.6) is 0 Å². The summed E-state index contributed by atoms with van der Waals surface area (Å²) < 4.78 is 0. The highest BCUT2D eigenvalue weighted by molar-refractivity contribution is 5.22. The van der Waals surface area contributed by atoms with Gasteiger partial charge in [-0.25, -0.2) is 0 Å². The minimum atomic E-state index is 0.646. The third-order valence-electron chi connectivity index (χ3n) is 2.75.